The average Bonchev–Trinajstić information content (AvgIpc) is 3.38. The van der Waals surface area contributed by atoms with Crippen LogP contribution in [0, 0.1) is 10.6 Å². The summed E-state index contributed by atoms with van der Waals surface area (Å²) in [7, 11) is -2.72. The van der Waals surface area contributed by atoms with E-state index < -0.39 is 38.7 Å². The van der Waals surface area contributed by atoms with E-state index in [1.807, 2.05) is 0 Å². The van der Waals surface area contributed by atoms with Crippen molar-refractivity contribution in [2.75, 3.05) is 34.4 Å². The lowest BCUT2D eigenvalue weighted by atomic mass is 10.1. The van der Waals surface area contributed by atoms with Crippen molar-refractivity contribution in [1.82, 2.24) is 10.2 Å². The highest BCUT2D eigenvalue weighted by Crippen LogP contribution is 2.34. The zero-order valence-electron chi connectivity index (χ0n) is 19.2. The highest BCUT2D eigenvalue weighted by Gasteiger charge is 2.33. The third-order valence-electron chi connectivity index (χ3n) is 6.15. The molecule has 9 nitrogen and oxygen atoms in total. The summed E-state index contributed by atoms with van der Waals surface area (Å²) < 4.78 is 65.5. The second kappa shape index (κ2) is 9.47. The zero-order valence-corrected chi connectivity index (χ0v) is 20.0. The lowest BCUT2D eigenvalue weighted by Gasteiger charge is -2.35. The average molecular weight is 532 g/mol. The molecule has 1 aromatic heterocycles. The van der Waals surface area contributed by atoms with Gasteiger partial charge in [-0.25, -0.2) is 8.60 Å². The first kappa shape index (κ1) is 24.7. The molecule has 1 aliphatic rings. The number of benzene rings is 2. The van der Waals surface area contributed by atoms with Gasteiger partial charge < -0.3 is 14.2 Å². The van der Waals surface area contributed by atoms with Gasteiger partial charge in [-0.15, -0.1) is 10.2 Å². The summed E-state index contributed by atoms with van der Waals surface area (Å²) in [5.41, 5.74) is -0.348. The highest BCUT2D eigenvalue weighted by atomic mass is 32.2. The van der Waals surface area contributed by atoms with Crippen LogP contribution in [0.2, 0.25) is 0 Å². The molecule has 0 unspecified atom stereocenters. The Morgan fingerprint density at radius 2 is 1.76 bits per heavy atom. The van der Waals surface area contributed by atoms with Crippen molar-refractivity contribution in [3.63, 3.8) is 0 Å². The molecule has 2 heterocycles. The number of rotatable bonds is 7. The molecule has 192 valence electrons. The fourth-order valence-corrected chi connectivity index (χ4v) is 5.42. The Morgan fingerprint density at radius 3 is 2.38 bits per heavy atom. The summed E-state index contributed by atoms with van der Waals surface area (Å²) in [4.78, 5) is 28.6. The SMILES string of the molecule is N=S1(=O)CCN(c2c(N(Cc3ccc(-c4nnc(C(F)F)o4)cc3F)c3ccccc3)c(=O)c2=O)CC1. The van der Waals surface area contributed by atoms with Crippen molar-refractivity contribution in [3.05, 3.63) is 86.2 Å². The number of para-hydroxylation sites is 1. The fourth-order valence-electron chi connectivity index (χ4n) is 4.19. The summed E-state index contributed by atoms with van der Waals surface area (Å²) >= 11 is 0. The molecule has 0 aliphatic carbocycles. The third kappa shape index (κ3) is 4.73. The maximum atomic E-state index is 15.2. The highest BCUT2D eigenvalue weighted by molar-refractivity contribution is 7.92. The van der Waals surface area contributed by atoms with Crippen LogP contribution in [0.3, 0.4) is 0 Å². The molecule has 5 rings (SSSR count). The first-order valence-electron chi connectivity index (χ1n) is 11.2. The maximum absolute atomic E-state index is 15.2. The smallest absolute Gasteiger partial charge is 0.314 e. The first-order chi connectivity index (χ1) is 17.6. The molecule has 1 fully saturated rings. The minimum absolute atomic E-state index is 0.0790. The van der Waals surface area contributed by atoms with Gasteiger partial charge in [-0.05, 0) is 24.3 Å². The van der Waals surface area contributed by atoms with E-state index in [0.717, 1.165) is 6.07 Å². The Hall–Kier alpha value is -4.00. The van der Waals surface area contributed by atoms with E-state index in [-0.39, 0.29) is 59.5 Å². The summed E-state index contributed by atoms with van der Waals surface area (Å²) in [5, 5.41) is 6.77. The van der Waals surface area contributed by atoms with E-state index in [1.54, 1.807) is 35.2 Å². The van der Waals surface area contributed by atoms with Gasteiger partial charge in [0.25, 0.3) is 16.7 Å². The molecule has 0 radical (unpaired) electrons. The molecular weight excluding hydrogens is 511 g/mol. The normalized spacial score (nSPS) is 15.4. The fraction of sp³-hybridized carbons (Fsp3) is 0.250. The number of anilines is 3. The maximum Gasteiger partial charge on any atom is 0.314 e. The first-order valence-corrected chi connectivity index (χ1v) is 13.1. The van der Waals surface area contributed by atoms with Crippen molar-refractivity contribution < 1.29 is 21.8 Å². The molecular formula is C24H20F3N5O4S. The third-order valence-corrected chi connectivity index (χ3v) is 7.84. The Morgan fingerprint density at radius 1 is 1.05 bits per heavy atom. The molecule has 0 bridgehead atoms. The van der Waals surface area contributed by atoms with Crippen LogP contribution in [-0.4, -0.2) is 39.0 Å². The molecule has 3 aromatic carbocycles. The molecule has 0 spiro atoms. The van der Waals surface area contributed by atoms with Crippen LogP contribution in [0.15, 0.2) is 62.5 Å². The van der Waals surface area contributed by atoms with Gasteiger partial charge in [-0.2, -0.15) is 8.78 Å². The van der Waals surface area contributed by atoms with Crippen molar-refractivity contribution >= 4 is 26.8 Å². The van der Waals surface area contributed by atoms with E-state index in [4.69, 9.17) is 9.20 Å². The topological polar surface area (TPSA) is 120 Å². The lowest BCUT2D eigenvalue weighted by Crippen LogP contribution is -2.49. The monoisotopic (exact) mass is 531 g/mol. The Kier molecular flexibility index (Phi) is 6.31. The van der Waals surface area contributed by atoms with Crippen molar-refractivity contribution in [2.45, 2.75) is 13.0 Å². The van der Waals surface area contributed by atoms with E-state index in [1.165, 1.54) is 17.0 Å². The number of nitrogens with one attached hydrogen (secondary N) is 1. The van der Waals surface area contributed by atoms with E-state index in [0.29, 0.717) is 5.69 Å². The predicted molar refractivity (Wildman–Crippen MR) is 131 cm³/mol. The van der Waals surface area contributed by atoms with Gasteiger partial charge in [-0.1, -0.05) is 24.3 Å². The molecule has 0 saturated carbocycles. The van der Waals surface area contributed by atoms with Crippen molar-refractivity contribution in [3.8, 4) is 11.5 Å². The number of hydrogen-bond acceptors (Lipinski definition) is 9. The minimum atomic E-state index is -2.96. The largest absolute Gasteiger partial charge is 0.415 e. The van der Waals surface area contributed by atoms with Crippen LogP contribution in [-0.2, 0) is 16.3 Å². The lowest BCUT2D eigenvalue weighted by molar-refractivity contribution is 0.116. The van der Waals surface area contributed by atoms with E-state index in [2.05, 4.69) is 10.2 Å². The van der Waals surface area contributed by atoms with Gasteiger partial charge >= 0.3 is 6.43 Å². The van der Waals surface area contributed by atoms with Crippen LogP contribution in [0.4, 0.5) is 30.2 Å². The summed E-state index contributed by atoms with van der Waals surface area (Å²) in [6.07, 6.45) is -2.96. The number of halogens is 3. The van der Waals surface area contributed by atoms with Crippen LogP contribution < -0.4 is 20.7 Å². The molecule has 4 aromatic rings. The summed E-state index contributed by atoms with van der Waals surface area (Å²) in [5.74, 6) is -1.68. The van der Waals surface area contributed by atoms with Gasteiger partial charge in [-0.3, -0.25) is 14.4 Å². The quantitative estimate of drug-likeness (QED) is 0.359. The Labute approximate surface area is 208 Å². The van der Waals surface area contributed by atoms with Gasteiger partial charge in [0.2, 0.25) is 5.89 Å². The second-order valence-electron chi connectivity index (χ2n) is 8.54. The second-order valence-corrected chi connectivity index (χ2v) is 11.0. The molecule has 0 amide bonds. The number of hydrogen-bond donors (Lipinski definition) is 1. The molecule has 1 N–H and O–H groups in total. The van der Waals surface area contributed by atoms with Crippen LogP contribution in [0.25, 0.3) is 11.5 Å². The van der Waals surface area contributed by atoms with E-state index >= 15 is 4.39 Å². The van der Waals surface area contributed by atoms with Crippen molar-refractivity contribution in [2.24, 2.45) is 0 Å². The Balaban J connectivity index is 1.50. The van der Waals surface area contributed by atoms with Gasteiger partial charge in [0, 0.05) is 51.1 Å². The van der Waals surface area contributed by atoms with Crippen LogP contribution in [0.1, 0.15) is 17.9 Å². The standard InChI is InChI=1S/C24H20F3N5O4S/c25-17-12-14(23-29-30-24(36-23)22(26)27)6-7-15(17)13-32(16-4-2-1-3-5-16)19-18(20(33)21(19)34)31-8-10-37(28,35)11-9-31/h1-7,12,22,28H,8-11,13H2. The molecule has 37 heavy (non-hydrogen) atoms. The Bertz CT molecular complexity index is 1620. The molecule has 0 atom stereocenters. The summed E-state index contributed by atoms with van der Waals surface area (Å²) in [6, 6.07) is 12.6. The predicted octanol–water partition coefficient (Wildman–Crippen LogP) is 3.61. The van der Waals surface area contributed by atoms with Gasteiger partial charge in [0.15, 0.2) is 0 Å². The molecule has 1 saturated heterocycles. The van der Waals surface area contributed by atoms with Crippen LogP contribution >= 0.6 is 0 Å². The van der Waals surface area contributed by atoms with Gasteiger partial charge in [0.1, 0.15) is 17.2 Å². The minimum Gasteiger partial charge on any atom is -0.415 e. The summed E-state index contributed by atoms with van der Waals surface area (Å²) in [6.45, 7) is 0.260. The van der Waals surface area contributed by atoms with Crippen molar-refractivity contribution in [1.29, 1.82) is 4.78 Å². The number of aromatic nitrogens is 2. The van der Waals surface area contributed by atoms with E-state index in [9.17, 15) is 22.6 Å². The van der Waals surface area contributed by atoms with Gasteiger partial charge in [0.05, 0.1) is 6.54 Å². The van der Waals surface area contributed by atoms with Crippen LogP contribution in [0.5, 0.6) is 0 Å². The zero-order chi connectivity index (χ0) is 26.3. The number of alkyl halides is 2. The number of nitrogens with zero attached hydrogens (tertiary/aromatic N) is 4. The molecule has 13 heteroatoms. The molecule has 1 aliphatic heterocycles.